The largest absolute Gasteiger partial charge is 0.436 e. The molecule has 1 atom stereocenters. The number of carbonyl (C=O) groups is 2. The van der Waals surface area contributed by atoms with Crippen molar-refractivity contribution < 1.29 is 14.3 Å². The number of aryl methyl sites for hydroxylation is 1. The van der Waals surface area contributed by atoms with Gasteiger partial charge in [0.25, 0.3) is 5.91 Å². The number of hydrogen-bond acceptors (Lipinski definition) is 6. The van der Waals surface area contributed by atoms with E-state index >= 15 is 0 Å². The number of hydrogen-bond donors (Lipinski definition) is 2. The summed E-state index contributed by atoms with van der Waals surface area (Å²) < 4.78 is 7.85. The van der Waals surface area contributed by atoms with E-state index in [-0.39, 0.29) is 24.1 Å². The molecule has 0 aliphatic carbocycles. The predicted octanol–water partition coefficient (Wildman–Crippen LogP) is 4.99. The number of fused-ring (bicyclic) bond motifs is 1. The summed E-state index contributed by atoms with van der Waals surface area (Å²) in [5.41, 5.74) is 9.98. The molecule has 242 valence electrons. The predicted molar refractivity (Wildman–Crippen MR) is 177 cm³/mol. The number of H-pyrrole nitrogens is 1. The van der Waals surface area contributed by atoms with Gasteiger partial charge in [0.15, 0.2) is 6.10 Å². The summed E-state index contributed by atoms with van der Waals surface area (Å²) in [5, 5.41) is 0.443. The molecular formula is C34H45ClN6O4. The molecule has 3 N–H and O–H groups in total. The Labute approximate surface area is 269 Å². The maximum Gasteiger partial charge on any atom is 0.410 e. The average molecular weight is 637 g/mol. The lowest BCUT2D eigenvalue weighted by molar-refractivity contribution is -0.142. The molecule has 0 spiro atoms. The molecule has 3 aliphatic heterocycles. The lowest BCUT2D eigenvalue weighted by atomic mass is 9.98. The van der Waals surface area contributed by atoms with Crippen LogP contribution in [0.3, 0.4) is 0 Å². The van der Waals surface area contributed by atoms with E-state index in [2.05, 4.69) is 9.88 Å². The average Bonchev–Trinajstić information content (AvgIpc) is 3.41. The van der Waals surface area contributed by atoms with Gasteiger partial charge in [0, 0.05) is 44.7 Å². The number of para-hydroxylation sites is 2. The van der Waals surface area contributed by atoms with Crippen molar-refractivity contribution in [2.24, 2.45) is 0 Å². The summed E-state index contributed by atoms with van der Waals surface area (Å²) >= 11 is 6.46. The van der Waals surface area contributed by atoms with Crippen LogP contribution in [-0.2, 0) is 22.4 Å². The van der Waals surface area contributed by atoms with Crippen LogP contribution in [0.25, 0.3) is 11.0 Å². The van der Waals surface area contributed by atoms with Gasteiger partial charge in [-0.2, -0.15) is 0 Å². The van der Waals surface area contributed by atoms with E-state index in [4.69, 9.17) is 22.1 Å². The van der Waals surface area contributed by atoms with Crippen molar-refractivity contribution in [2.45, 2.75) is 82.9 Å². The first-order valence-corrected chi connectivity index (χ1v) is 16.9. The number of aromatic amines is 1. The highest BCUT2D eigenvalue weighted by molar-refractivity contribution is 6.33. The summed E-state index contributed by atoms with van der Waals surface area (Å²) in [6.07, 6.45) is 6.35. The number of benzene rings is 2. The van der Waals surface area contributed by atoms with E-state index in [0.29, 0.717) is 62.2 Å². The topological polar surface area (TPSA) is 117 Å². The summed E-state index contributed by atoms with van der Waals surface area (Å²) in [7, 11) is 0. The Bertz CT molecular complexity index is 1560. The van der Waals surface area contributed by atoms with Gasteiger partial charge in [0.1, 0.15) is 0 Å². The first kappa shape index (κ1) is 31.5. The minimum atomic E-state index is -0.970. The molecule has 45 heavy (non-hydrogen) atoms. The van der Waals surface area contributed by atoms with Gasteiger partial charge < -0.3 is 30.2 Å². The standard InChI is InChI=1S/C34H45ClN6O4/c1-2-24-20-23(21-27(35)31(24)36)22-30(32(42)39-16-10-25(11-17-39)38-14-6-3-7-15-38)45-34(44)40-18-12-26(13-19-40)41-29-9-5-4-8-28(29)37-33(41)43/h4-5,8-9,20-21,25-26,30H,2-3,6-7,10-19,22,36H2,1H3,(H,37,43)/t30-/m1/s1. The second-order valence-corrected chi connectivity index (χ2v) is 13.2. The minimum absolute atomic E-state index is 0.0271. The number of nitrogen functional groups attached to an aromatic ring is 1. The molecule has 3 aliphatic rings. The number of imidazole rings is 1. The van der Waals surface area contributed by atoms with E-state index in [1.54, 1.807) is 15.5 Å². The molecule has 3 fully saturated rings. The Morgan fingerprint density at radius 1 is 0.956 bits per heavy atom. The molecule has 0 saturated carbocycles. The third-order valence-electron chi connectivity index (χ3n) is 9.99. The van der Waals surface area contributed by atoms with Crippen molar-refractivity contribution in [2.75, 3.05) is 45.0 Å². The number of aromatic nitrogens is 2. The van der Waals surface area contributed by atoms with Crippen LogP contribution in [0.2, 0.25) is 5.02 Å². The molecular weight excluding hydrogens is 592 g/mol. The number of rotatable bonds is 7. The van der Waals surface area contributed by atoms with Gasteiger partial charge in [-0.05, 0) is 87.4 Å². The Balaban J connectivity index is 1.14. The number of likely N-dealkylation sites (tertiary alicyclic amines) is 3. The van der Waals surface area contributed by atoms with Crippen molar-refractivity contribution in [1.82, 2.24) is 24.3 Å². The van der Waals surface area contributed by atoms with E-state index in [0.717, 1.165) is 48.1 Å². The molecule has 2 amide bonds. The molecule has 1 aromatic heterocycles. The van der Waals surface area contributed by atoms with Gasteiger partial charge in [-0.25, -0.2) is 9.59 Å². The Hall–Kier alpha value is -3.50. The van der Waals surface area contributed by atoms with Crippen LogP contribution in [0, 0.1) is 0 Å². The van der Waals surface area contributed by atoms with Crippen LogP contribution >= 0.6 is 11.6 Å². The Morgan fingerprint density at radius 3 is 2.33 bits per heavy atom. The molecule has 0 unspecified atom stereocenters. The van der Waals surface area contributed by atoms with Crippen LogP contribution in [0.15, 0.2) is 41.2 Å². The minimum Gasteiger partial charge on any atom is -0.436 e. The smallest absolute Gasteiger partial charge is 0.410 e. The first-order chi connectivity index (χ1) is 21.8. The number of anilines is 1. The Morgan fingerprint density at radius 2 is 1.62 bits per heavy atom. The molecule has 10 nitrogen and oxygen atoms in total. The van der Waals surface area contributed by atoms with Crippen molar-refractivity contribution in [3.05, 3.63) is 63.0 Å². The SMILES string of the molecule is CCc1cc(C[C@@H](OC(=O)N2CCC(n3c(=O)[nH]c4ccccc43)CC2)C(=O)N2CCC(N3CCCCC3)CC2)cc(Cl)c1N. The molecule has 0 radical (unpaired) electrons. The zero-order valence-corrected chi connectivity index (χ0v) is 26.9. The number of amides is 2. The summed E-state index contributed by atoms with van der Waals surface area (Å²) in [4.78, 5) is 49.3. The van der Waals surface area contributed by atoms with E-state index < -0.39 is 12.2 Å². The molecule has 0 bridgehead atoms. The molecule has 6 rings (SSSR count). The van der Waals surface area contributed by atoms with Gasteiger partial charge in [-0.3, -0.25) is 9.36 Å². The second kappa shape index (κ2) is 13.9. The van der Waals surface area contributed by atoms with Crippen molar-refractivity contribution in [3.63, 3.8) is 0 Å². The number of piperidine rings is 3. The zero-order valence-electron chi connectivity index (χ0n) is 26.2. The number of nitrogens with zero attached hydrogens (tertiary/aromatic N) is 4. The third kappa shape index (κ3) is 6.87. The van der Waals surface area contributed by atoms with Crippen molar-refractivity contribution in [3.8, 4) is 0 Å². The van der Waals surface area contributed by atoms with Gasteiger partial charge in [0.05, 0.1) is 21.7 Å². The fourth-order valence-corrected chi connectivity index (χ4v) is 7.68. The highest BCUT2D eigenvalue weighted by Gasteiger charge is 2.35. The number of nitrogens with one attached hydrogen (secondary N) is 1. The van der Waals surface area contributed by atoms with E-state index in [9.17, 15) is 14.4 Å². The molecule has 11 heteroatoms. The van der Waals surface area contributed by atoms with E-state index in [1.165, 1.54) is 19.3 Å². The number of nitrogens with two attached hydrogens (primary N) is 1. The molecule has 3 aromatic rings. The third-order valence-corrected chi connectivity index (χ3v) is 10.3. The van der Waals surface area contributed by atoms with Gasteiger partial charge in [-0.1, -0.05) is 43.1 Å². The maximum absolute atomic E-state index is 14.0. The fourth-order valence-electron chi connectivity index (χ4n) is 7.42. The van der Waals surface area contributed by atoms with Crippen molar-refractivity contribution >= 4 is 40.3 Å². The lowest BCUT2D eigenvalue weighted by Crippen LogP contribution is -2.52. The van der Waals surface area contributed by atoms with Crippen LogP contribution in [0.1, 0.15) is 69.0 Å². The van der Waals surface area contributed by atoms with Gasteiger partial charge >= 0.3 is 11.8 Å². The summed E-state index contributed by atoms with van der Waals surface area (Å²) in [5.74, 6) is -0.160. The number of carbonyl (C=O) groups excluding carboxylic acids is 2. The van der Waals surface area contributed by atoms with Crippen LogP contribution in [0.5, 0.6) is 0 Å². The quantitative estimate of drug-likeness (QED) is 0.353. The second-order valence-electron chi connectivity index (χ2n) is 12.8. The maximum atomic E-state index is 14.0. The van der Waals surface area contributed by atoms with Gasteiger partial charge in [0.2, 0.25) is 0 Å². The van der Waals surface area contributed by atoms with Crippen LogP contribution in [0.4, 0.5) is 10.5 Å². The normalized spacial score (nSPS) is 19.6. The first-order valence-electron chi connectivity index (χ1n) is 16.6. The molecule has 3 saturated heterocycles. The number of ether oxygens (including phenoxy) is 1. The zero-order chi connectivity index (χ0) is 31.5. The molecule has 2 aromatic carbocycles. The summed E-state index contributed by atoms with van der Waals surface area (Å²) in [6, 6.07) is 11.9. The monoisotopic (exact) mass is 636 g/mol. The Kier molecular flexibility index (Phi) is 9.70. The lowest BCUT2D eigenvalue weighted by Gasteiger charge is -2.41. The van der Waals surface area contributed by atoms with Crippen LogP contribution in [-0.4, -0.2) is 87.7 Å². The van der Waals surface area contributed by atoms with Gasteiger partial charge in [-0.15, -0.1) is 0 Å². The van der Waals surface area contributed by atoms with E-state index in [1.807, 2.05) is 42.2 Å². The van der Waals surface area contributed by atoms with Crippen molar-refractivity contribution in [1.29, 1.82) is 0 Å². The number of halogens is 1. The van der Waals surface area contributed by atoms with Crippen LogP contribution < -0.4 is 11.4 Å². The summed E-state index contributed by atoms with van der Waals surface area (Å²) in [6.45, 7) is 6.47. The highest BCUT2D eigenvalue weighted by atomic mass is 35.5. The fraction of sp³-hybridized carbons (Fsp3) is 0.559. The highest BCUT2D eigenvalue weighted by Crippen LogP contribution is 2.29. The molecule has 4 heterocycles.